The summed E-state index contributed by atoms with van der Waals surface area (Å²) in [4.78, 5) is 24.9. The number of hydrogen-bond donors (Lipinski definition) is 1. The second kappa shape index (κ2) is 4.54. The largest absolute Gasteiger partial charge is 0.464 e. The first kappa shape index (κ1) is 12.2. The lowest BCUT2D eigenvalue weighted by atomic mass is 10.0. The van der Waals surface area contributed by atoms with E-state index in [1.165, 1.54) is 12.0 Å². The number of esters is 1. The Morgan fingerprint density at radius 3 is 2.94 bits per heavy atom. The Hall–Kier alpha value is -1.27. The fraction of sp³-hybridized carbons (Fsp3) is 0.455. The van der Waals surface area contributed by atoms with Crippen molar-refractivity contribution in [3.05, 3.63) is 23.4 Å². The highest BCUT2D eigenvalue weighted by Crippen LogP contribution is 2.39. The molecule has 0 radical (unpaired) electrons. The Labute approximate surface area is 104 Å². The number of amides is 1. The van der Waals surface area contributed by atoms with Crippen LogP contribution in [0.1, 0.15) is 6.92 Å². The first-order chi connectivity index (χ1) is 8.11. The van der Waals surface area contributed by atoms with E-state index in [0.29, 0.717) is 11.4 Å². The molecule has 0 aromatic heterocycles. The molecular formula is C11H14N2O3S. The molecule has 2 heterocycles. The van der Waals surface area contributed by atoms with Crippen molar-refractivity contribution in [1.82, 2.24) is 4.90 Å². The number of methoxy groups -OCH3 is 1. The average Bonchev–Trinajstić information content (AvgIpc) is 2.36. The van der Waals surface area contributed by atoms with Crippen molar-refractivity contribution in [3.8, 4) is 0 Å². The number of fused-ring (bicyclic) bond motifs is 1. The third-order valence-electron chi connectivity index (χ3n) is 2.79. The third-order valence-corrected chi connectivity index (χ3v) is 4.11. The average molecular weight is 254 g/mol. The van der Waals surface area contributed by atoms with Crippen LogP contribution >= 0.6 is 11.8 Å². The quantitative estimate of drug-likeness (QED) is 0.564. The van der Waals surface area contributed by atoms with Crippen molar-refractivity contribution < 1.29 is 14.3 Å². The summed E-state index contributed by atoms with van der Waals surface area (Å²) in [6, 6.07) is -0.508. The number of nitrogens with zero attached hydrogens (tertiary/aromatic N) is 1. The second-order valence-electron chi connectivity index (χ2n) is 3.80. The Balaban J connectivity index is 2.41. The molecule has 6 heteroatoms. The fourth-order valence-corrected chi connectivity index (χ4v) is 3.22. The van der Waals surface area contributed by atoms with Crippen molar-refractivity contribution in [3.63, 3.8) is 0 Å². The molecule has 0 bridgehead atoms. The first-order valence-electron chi connectivity index (χ1n) is 5.26. The predicted octanol–water partition coefficient (Wildman–Crippen LogP) is 0.232. The van der Waals surface area contributed by atoms with Gasteiger partial charge in [-0.15, -0.1) is 11.8 Å². The summed E-state index contributed by atoms with van der Waals surface area (Å²) in [5.41, 5.74) is 6.84. The molecular weight excluding hydrogens is 240 g/mol. The van der Waals surface area contributed by atoms with Crippen LogP contribution in [0.25, 0.3) is 0 Å². The number of ether oxygens (including phenoxy) is 1. The lowest BCUT2D eigenvalue weighted by molar-refractivity contribution is -0.149. The highest BCUT2D eigenvalue weighted by Gasteiger charge is 2.51. The summed E-state index contributed by atoms with van der Waals surface area (Å²) in [6.45, 7) is 1.86. The zero-order valence-corrected chi connectivity index (χ0v) is 10.5. The summed E-state index contributed by atoms with van der Waals surface area (Å²) in [5, 5.41) is -0.134. The summed E-state index contributed by atoms with van der Waals surface area (Å²) in [5.74, 6) is -0.0371. The van der Waals surface area contributed by atoms with Gasteiger partial charge < -0.3 is 10.5 Å². The van der Waals surface area contributed by atoms with E-state index in [2.05, 4.69) is 0 Å². The van der Waals surface area contributed by atoms with E-state index in [1.54, 1.807) is 11.8 Å². The number of carbonyl (C=O) groups excluding carboxylic acids is 2. The lowest BCUT2D eigenvalue weighted by Gasteiger charge is -2.47. The van der Waals surface area contributed by atoms with E-state index >= 15 is 0 Å². The van der Waals surface area contributed by atoms with Crippen LogP contribution in [0.3, 0.4) is 0 Å². The molecule has 2 N–H and O–H groups in total. The molecule has 2 rings (SSSR count). The number of nitrogens with two attached hydrogens (primary N) is 1. The van der Waals surface area contributed by atoms with Crippen LogP contribution in [-0.4, -0.2) is 41.1 Å². The standard InChI is InChI=1S/C11H14N2O3S/c1-3-4-6-5-17-10-7(12)9(14)13(10)8(6)11(15)16-2/h3-4,7,10H,5,12H2,1-2H3/t7?,10-/m1/s1. The molecule has 0 spiro atoms. The van der Waals surface area contributed by atoms with Crippen molar-refractivity contribution in [2.45, 2.75) is 18.3 Å². The van der Waals surface area contributed by atoms with Crippen molar-refractivity contribution >= 4 is 23.6 Å². The van der Waals surface area contributed by atoms with Gasteiger partial charge in [0.1, 0.15) is 17.1 Å². The minimum Gasteiger partial charge on any atom is -0.464 e. The zero-order valence-electron chi connectivity index (χ0n) is 9.67. The Morgan fingerprint density at radius 1 is 1.65 bits per heavy atom. The summed E-state index contributed by atoms with van der Waals surface area (Å²) in [7, 11) is 1.31. The Bertz CT molecular complexity index is 430. The summed E-state index contributed by atoms with van der Waals surface area (Å²) < 4.78 is 4.73. The zero-order chi connectivity index (χ0) is 12.6. The molecule has 1 unspecified atom stereocenters. The summed E-state index contributed by atoms with van der Waals surface area (Å²) >= 11 is 1.57. The van der Waals surface area contributed by atoms with Crippen molar-refractivity contribution in [2.24, 2.45) is 5.73 Å². The van der Waals surface area contributed by atoms with E-state index < -0.39 is 12.0 Å². The molecule has 0 saturated carbocycles. The molecule has 1 fully saturated rings. The van der Waals surface area contributed by atoms with Crippen LogP contribution in [0.2, 0.25) is 0 Å². The minimum absolute atomic E-state index is 0.134. The molecule has 92 valence electrons. The van der Waals surface area contributed by atoms with Gasteiger partial charge in [-0.1, -0.05) is 12.2 Å². The SMILES string of the molecule is CC=CC1=C(C(=O)OC)N2C(=O)C(N)[C@H]2SC1. The van der Waals surface area contributed by atoms with Crippen LogP contribution in [0.5, 0.6) is 0 Å². The van der Waals surface area contributed by atoms with Gasteiger partial charge in [-0.05, 0) is 12.5 Å². The number of β-lactam (4-membered cyclic amide) rings is 1. The van der Waals surface area contributed by atoms with Crippen molar-refractivity contribution in [1.29, 1.82) is 0 Å². The van der Waals surface area contributed by atoms with Gasteiger partial charge in [0.2, 0.25) is 5.91 Å². The van der Waals surface area contributed by atoms with Gasteiger partial charge in [0.25, 0.3) is 0 Å². The van der Waals surface area contributed by atoms with Crippen LogP contribution in [0.15, 0.2) is 23.4 Å². The van der Waals surface area contributed by atoms with E-state index in [4.69, 9.17) is 10.5 Å². The van der Waals surface area contributed by atoms with Gasteiger partial charge in [0, 0.05) is 5.75 Å². The molecule has 2 aliphatic heterocycles. The van der Waals surface area contributed by atoms with Crippen LogP contribution in [-0.2, 0) is 14.3 Å². The third kappa shape index (κ3) is 1.77. The van der Waals surface area contributed by atoms with Crippen LogP contribution < -0.4 is 5.73 Å². The molecule has 0 aliphatic carbocycles. The Morgan fingerprint density at radius 2 is 2.35 bits per heavy atom. The molecule has 17 heavy (non-hydrogen) atoms. The van der Waals surface area contributed by atoms with Gasteiger partial charge in [0.05, 0.1) is 7.11 Å². The molecule has 0 aromatic rings. The molecule has 5 nitrogen and oxygen atoms in total. The number of hydrogen-bond acceptors (Lipinski definition) is 5. The number of rotatable bonds is 2. The molecule has 2 aliphatic rings. The highest BCUT2D eigenvalue weighted by molar-refractivity contribution is 8.00. The van der Waals surface area contributed by atoms with Crippen LogP contribution in [0.4, 0.5) is 0 Å². The molecule has 0 aromatic carbocycles. The smallest absolute Gasteiger partial charge is 0.355 e. The van der Waals surface area contributed by atoms with Gasteiger partial charge in [-0.3, -0.25) is 9.69 Å². The second-order valence-corrected chi connectivity index (χ2v) is 4.91. The number of allylic oxidation sites excluding steroid dienone is 2. The minimum atomic E-state index is -0.508. The first-order valence-corrected chi connectivity index (χ1v) is 6.31. The maximum atomic E-state index is 11.7. The fourth-order valence-electron chi connectivity index (χ4n) is 1.95. The maximum Gasteiger partial charge on any atom is 0.355 e. The number of thioether (sulfide) groups is 1. The molecule has 1 saturated heterocycles. The topological polar surface area (TPSA) is 72.6 Å². The molecule has 2 atom stereocenters. The Kier molecular flexibility index (Phi) is 3.26. The highest BCUT2D eigenvalue weighted by atomic mass is 32.2. The lowest BCUT2D eigenvalue weighted by Crippen LogP contribution is -2.68. The van der Waals surface area contributed by atoms with E-state index in [1.807, 2.05) is 19.1 Å². The van der Waals surface area contributed by atoms with Gasteiger partial charge in [0.15, 0.2) is 0 Å². The van der Waals surface area contributed by atoms with E-state index in [0.717, 1.165) is 5.57 Å². The van der Waals surface area contributed by atoms with E-state index in [9.17, 15) is 9.59 Å². The van der Waals surface area contributed by atoms with Gasteiger partial charge in [-0.2, -0.15) is 0 Å². The number of carbonyl (C=O) groups is 2. The maximum absolute atomic E-state index is 11.7. The van der Waals surface area contributed by atoms with Gasteiger partial charge >= 0.3 is 5.97 Å². The van der Waals surface area contributed by atoms with Gasteiger partial charge in [-0.25, -0.2) is 4.79 Å². The molecule has 1 amide bonds. The normalized spacial score (nSPS) is 28.2. The monoisotopic (exact) mass is 254 g/mol. The van der Waals surface area contributed by atoms with E-state index in [-0.39, 0.29) is 11.3 Å². The predicted molar refractivity (Wildman–Crippen MR) is 64.9 cm³/mol. The van der Waals surface area contributed by atoms with Crippen molar-refractivity contribution in [2.75, 3.05) is 12.9 Å². The van der Waals surface area contributed by atoms with Crippen LogP contribution in [0, 0.1) is 0 Å². The summed E-state index contributed by atoms with van der Waals surface area (Å²) in [6.07, 6.45) is 3.66.